The number of hydrogen-bond donors (Lipinski definition) is 1. The van der Waals surface area contributed by atoms with Gasteiger partial charge in [0.2, 0.25) is 0 Å². The summed E-state index contributed by atoms with van der Waals surface area (Å²) in [5.41, 5.74) is 5.75. The summed E-state index contributed by atoms with van der Waals surface area (Å²) >= 11 is 1.63. The highest BCUT2D eigenvalue weighted by Crippen LogP contribution is 2.37. The van der Waals surface area contributed by atoms with Gasteiger partial charge in [-0.15, -0.1) is 11.3 Å². The van der Waals surface area contributed by atoms with E-state index in [9.17, 15) is 0 Å². The smallest absolute Gasteiger partial charge is 0.181 e. The van der Waals surface area contributed by atoms with Crippen molar-refractivity contribution in [1.82, 2.24) is 15.1 Å². The highest BCUT2D eigenvalue weighted by molar-refractivity contribution is 7.11. The fourth-order valence-electron chi connectivity index (χ4n) is 4.85. The summed E-state index contributed by atoms with van der Waals surface area (Å²) in [6, 6.07) is 8.58. The van der Waals surface area contributed by atoms with Crippen LogP contribution in [0.25, 0.3) is 33.3 Å². The van der Waals surface area contributed by atoms with Gasteiger partial charge in [-0.3, -0.25) is 5.10 Å². The molecule has 1 aliphatic carbocycles. The Bertz CT molecular complexity index is 1330. The lowest BCUT2D eigenvalue weighted by Gasteiger charge is -2.33. The number of ether oxygens (including phenoxy) is 1. The van der Waals surface area contributed by atoms with E-state index in [0.717, 1.165) is 64.4 Å². The van der Waals surface area contributed by atoms with E-state index in [0.29, 0.717) is 12.7 Å². The lowest BCUT2D eigenvalue weighted by atomic mass is 10.1. The number of anilines is 1. The van der Waals surface area contributed by atoms with E-state index in [4.69, 9.17) is 9.15 Å². The van der Waals surface area contributed by atoms with Crippen molar-refractivity contribution in [3.63, 3.8) is 0 Å². The lowest BCUT2D eigenvalue weighted by Crippen LogP contribution is -2.44. The Kier molecular flexibility index (Phi) is 5.58. The number of benzene rings is 1. The molecule has 2 fully saturated rings. The van der Waals surface area contributed by atoms with Crippen molar-refractivity contribution in [1.29, 1.82) is 0 Å². The van der Waals surface area contributed by atoms with E-state index in [1.807, 2.05) is 0 Å². The standard InChI is InChI=1S/C26H28N4O2S/c1-29-10-12-30(13-11-29)19-8-9-22-23(16-19)32-26-24(27-28-25(22)26)18-15-21(33-17-18)7-4-14-31-20-5-2-3-6-20/h8-9,15-17,20H,2-3,5-6,10-14H2,1H3,(H,27,28). The summed E-state index contributed by atoms with van der Waals surface area (Å²) in [6.45, 7) is 4.75. The molecule has 0 unspecified atom stereocenters. The number of piperazine rings is 1. The largest absolute Gasteiger partial charge is 0.452 e. The molecule has 4 heterocycles. The third-order valence-electron chi connectivity index (χ3n) is 6.81. The number of aromatic nitrogens is 2. The molecule has 1 aromatic carbocycles. The normalized spacial score (nSPS) is 17.8. The Labute approximate surface area is 197 Å². The van der Waals surface area contributed by atoms with E-state index in [1.165, 1.54) is 31.4 Å². The molecule has 3 aromatic heterocycles. The summed E-state index contributed by atoms with van der Waals surface area (Å²) in [6.07, 6.45) is 5.32. The topological polar surface area (TPSA) is 57.5 Å². The second-order valence-corrected chi connectivity index (χ2v) is 9.98. The van der Waals surface area contributed by atoms with Crippen LogP contribution in [0.2, 0.25) is 0 Å². The molecule has 2 aliphatic rings. The Morgan fingerprint density at radius 1 is 1.18 bits per heavy atom. The molecule has 6 rings (SSSR count). The summed E-state index contributed by atoms with van der Waals surface area (Å²) in [5.74, 6) is 6.40. The molecule has 33 heavy (non-hydrogen) atoms. The maximum atomic E-state index is 6.31. The predicted molar refractivity (Wildman–Crippen MR) is 134 cm³/mol. The van der Waals surface area contributed by atoms with Crippen molar-refractivity contribution >= 4 is 39.1 Å². The van der Waals surface area contributed by atoms with Crippen LogP contribution in [0.1, 0.15) is 30.6 Å². The highest BCUT2D eigenvalue weighted by Gasteiger charge is 2.20. The Morgan fingerprint density at radius 3 is 2.88 bits per heavy atom. The molecular weight excluding hydrogens is 432 g/mol. The average molecular weight is 461 g/mol. The van der Waals surface area contributed by atoms with Gasteiger partial charge in [-0.05, 0) is 38.1 Å². The number of nitrogens with one attached hydrogen (secondary N) is 1. The van der Waals surface area contributed by atoms with E-state index >= 15 is 0 Å². The Hall–Kier alpha value is -2.79. The predicted octanol–water partition coefficient (Wildman–Crippen LogP) is 5.10. The second kappa shape index (κ2) is 8.86. The third kappa shape index (κ3) is 4.15. The molecule has 170 valence electrons. The number of nitrogens with zero attached hydrogens (tertiary/aromatic N) is 3. The molecule has 4 aromatic rings. The zero-order valence-corrected chi connectivity index (χ0v) is 19.7. The molecule has 0 atom stereocenters. The molecule has 0 radical (unpaired) electrons. The molecule has 7 heteroatoms. The highest BCUT2D eigenvalue weighted by atomic mass is 32.1. The van der Waals surface area contributed by atoms with E-state index < -0.39 is 0 Å². The van der Waals surface area contributed by atoms with Crippen LogP contribution in [-0.4, -0.2) is 61.0 Å². The van der Waals surface area contributed by atoms with Gasteiger partial charge in [0.15, 0.2) is 5.58 Å². The lowest BCUT2D eigenvalue weighted by molar-refractivity contribution is 0.0838. The monoisotopic (exact) mass is 460 g/mol. The van der Waals surface area contributed by atoms with Gasteiger partial charge in [0, 0.05) is 54.3 Å². The first-order chi connectivity index (χ1) is 16.2. The number of thiophene rings is 1. The second-order valence-electron chi connectivity index (χ2n) is 9.07. The van der Waals surface area contributed by atoms with Crippen LogP contribution < -0.4 is 4.90 Å². The summed E-state index contributed by atoms with van der Waals surface area (Å²) in [7, 11) is 2.18. The maximum absolute atomic E-state index is 6.31. The van der Waals surface area contributed by atoms with Crippen LogP contribution in [0.3, 0.4) is 0 Å². The van der Waals surface area contributed by atoms with Gasteiger partial charge in [0.25, 0.3) is 0 Å². The zero-order chi connectivity index (χ0) is 22.2. The minimum absolute atomic E-state index is 0.403. The maximum Gasteiger partial charge on any atom is 0.181 e. The fourth-order valence-corrected chi connectivity index (χ4v) is 5.61. The Balaban J connectivity index is 1.22. The van der Waals surface area contributed by atoms with Crippen LogP contribution in [0.15, 0.2) is 34.1 Å². The van der Waals surface area contributed by atoms with Crippen molar-refractivity contribution in [3.05, 3.63) is 34.5 Å². The molecule has 0 amide bonds. The summed E-state index contributed by atoms with van der Waals surface area (Å²) in [4.78, 5) is 5.81. The third-order valence-corrected chi connectivity index (χ3v) is 7.66. The van der Waals surface area contributed by atoms with Crippen molar-refractivity contribution in [2.24, 2.45) is 0 Å². The number of rotatable bonds is 4. The molecule has 6 nitrogen and oxygen atoms in total. The molecular formula is C26H28N4O2S. The Morgan fingerprint density at radius 2 is 2.03 bits per heavy atom. The minimum Gasteiger partial charge on any atom is -0.452 e. The van der Waals surface area contributed by atoms with Gasteiger partial charge in [-0.25, -0.2) is 0 Å². The van der Waals surface area contributed by atoms with E-state index in [1.54, 1.807) is 11.3 Å². The van der Waals surface area contributed by atoms with E-state index in [-0.39, 0.29) is 0 Å². The zero-order valence-electron chi connectivity index (χ0n) is 18.9. The van der Waals surface area contributed by atoms with Gasteiger partial charge >= 0.3 is 0 Å². The molecule has 0 bridgehead atoms. The average Bonchev–Trinajstić information content (AvgIpc) is 3.61. The minimum atomic E-state index is 0.403. The molecule has 1 saturated carbocycles. The summed E-state index contributed by atoms with van der Waals surface area (Å²) in [5, 5.41) is 10.9. The fraction of sp³-hybridized carbons (Fsp3) is 0.423. The van der Waals surface area contributed by atoms with E-state index in [2.05, 4.69) is 68.5 Å². The van der Waals surface area contributed by atoms with Crippen LogP contribution >= 0.6 is 11.3 Å². The number of furan rings is 1. The first kappa shape index (κ1) is 20.8. The molecule has 1 aliphatic heterocycles. The van der Waals surface area contributed by atoms with Gasteiger partial charge in [0.05, 0.1) is 11.0 Å². The number of likely N-dealkylation sites (N-methyl/N-ethyl adjacent to an activating group) is 1. The molecule has 1 saturated heterocycles. The first-order valence-electron chi connectivity index (χ1n) is 11.8. The van der Waals surface area contributed by atoms with Crippen LogP contribution in [0.4, 0.5) is 5.69 Å². The van der Waals surface area contributed by atoms with Crippen molar-refractivity contribution < 1.29 is 9.15 Å². The van der Waals surface area contributed by atoms with Gasteiger partial charge in [-0.1, -0.05) is 24.7 Å². The SMILES string of the molecule is CN1CCN(c2ccc3c(c2)oc2c(-c4csc(C#CCOC5CCCC5)c4)n[nH]c23)CC1. The number of H-pyrrole nitrogens is 1. The van der Waals surface area contributed by atoms with Gasteiger partial charge < -0.3 is 19.0 Å². The van der Waals surface area contributed by atoms with Gasteiger partial charge in [-0.2, -0.15) is 5.10 Å². The van der Waals surface area contributed by atoms with Crippen molar-refractivity contribution in [2.45, 2.75) is 31.8 Å². The molecule has 1 N–H and O–H groups in total. The van der Waals surface area contributed by atoms with Crippen molar-refractivity contribution in [2.75, 3.05) is 44.7 Å². The first-order valence-corrected chi connectivity index (χ1v) is 12.7. The summed E-state index contributed by atoms with van der Waals surface area (Å²) < 4.78 is 12.2. The van der Waals surface area contributed by atoms with Gasteiger partial charge in [0.1, 0.15) is 23.4 Å². The quantitative estimate of drug-likeness (QED) is 0.430. The van der Waals surface area contributed by atoms with Crippen LogP contribution in [-0.2, 0) is 4.74 Å². The molecule has 0 spiro atoms. The number of fused-ring (bicyclic) bond motifs is 3. The number of hydrogen-bond acceptors (Lipinski definition) is 6. The van der Waals surface area contributed by atoms with Crippen LogP contribution in [0, 0.1) is 11.8 Å². The number of aromatic amines is 1. The van der Waals surface area contributed by atoms with Crippen molar-refractivity contribution in [3.8, 4) is 23.1 Å². The van der Waals surface area contributed by atoms with Crippen LogP contribution in [0.5, 0.6) is 0 Å².